The summed E-state index contributed by atoms with van der Waals surface area (Å²) in [6, 6.07) is 10.1. The van der Waals surface area contributed by atoms with E-state index in [0.29, 0.717) is 5.41 Å². The van der Waals surface area contributed by atoms with Crippen molar-refractivity contribution in [1.82, 2.24) is 20.7 Å². The highest BCUT2D eigenvalue weighted by Crippen LogP contribution is 2.19. The summed E-state index contributed by atoms with van der Waals surface area (Å²) in [7, 11) is 0. The van der Waals surface area contributed by atoms with E-state index in [1.54, 1.807) is 0 Å². The van der Waals surface area contributed by atoms with Gasteiger partial charge in [-0.1, -0.05) is 51.1 Å². The lowest BCUT2D eigenvalue weighted by atomic mass is 9.92. The Kier molecular flexibility index (Phi) is 4.32. The van der Waals surface area contributed by atoms with Gasteiger partial charge in [0.1, 0.15) is 11.4 Å². The third-order valence-corrected chi connectivity index (χ3v) is 3.01. The predicted molar refractivity (Wildman–Crippen MR) is 77.6 cm³/mol. The quantitative estimate of drug-likeness (QED) is 0.811. The van der Waals surface area contributed by atoms with Crippen molar-refractivity contribution < 1.29 is 0 Å². The number of nitrogens with one attached hydrogen (secondary N) is 2. The molecule has 19 heavy (non-hydrogen) atoms. The van der Waals surface area contributed by atoms with Crippen LogP contribution in [0.4, 0.5) is 0 Å². The summed E-state index contributed by atoms with van der Waals surface area (Å²) in [4.78, 5) is 0. The zero-order valence-electron chi connectivity index (χ0n) is 11.9. The molecule has 2 N–H and O–H groups in total. The van der Waals surface area contributed by atoms with Crippen molar-refractivity contribution in [3.05, 3.63) is 36.0 Å². The highest BCUT2D eigenvalue weighted by molar-refractivity contribution is 5.60. The van der Waals surface area contributed by atoms with Crippen LogP contribution in [0.1, 0.15) is 32.9 Å². The molecule has 0 amide bonds. The molecular formula is C15H22N4. The third-order valence-electron chi connectivity index (χ3n) is 3.01. The van der Waals surface area contributed by atoms with Gasteiger partial charge < -0.3 is 5.32 Å². The van der Waals surface area contributed by atoms with Crippen LogP contribution in [0.25, 0.3) is 11.3 Å². The second-order valence-electron chi connectivity index (χ2n) is 5.97. The second kappa shape index (κ2) is 5.97. The maximum atomic E-state index is 4.24. The molecule has 2 rings (SSSR count). The maximum absolute atomic E-state index is 4.24. The fourth-order valence-electron chi connectivity index (χ4n) is 1.87. The first kappa shape index (κ1) is 13.7. The number of hydrogen-bond donors (Lipinski definition) is 2. The van der Waals surface area contributed by atoms with Crippen molar-refractivity contribution in [1.29, 1.82) is 0 Å². The van der Waals surface area contributed by atoms with Gasteiger partial charge in [0, 0.05) is 12.1 Å². The minimum Gasteiger partial charge on any atom is -0.311 e. The van der Waals surface area contributed by atoms with Crippen molar-refractivity contribution in [2.75, 3.05) is 6.54 Å². The number of aromatic amines is 1. The Morgan fingerprint density at radius 1 is 1.11 bits per heavy atom. The molecule has 4 heteroatoms. The molecule has 0 unspecified atom stereocenters. The first-order valence-corrected chi connectivity index (χ1v) is 6.72. The maximum Gasteiger partial charge on any atom is 0.117 e. The number of nitrogens with zero attached hydrogens (tertiary/aromatic N) is 2. The largest absolute Gasteiger partial charge is 0.311 e. The van der Waals surface area contributed by atoms with Gasteiger partial charge in [0.05, 0.1) is 0 Å². The molecule has 0 fully saturated rings. The lowest BCUT2D eigenvalue weighted by molar-refractivity contribution is 0.366. The molecule has 0 atom stereocenters. The minimum atomic E-state index is 0.360. The molecule has 2 aromatic rings. The SMILES string of the molecule is CC(C)(C)CCNCc1n[nH]nc1-c1ccccc1. The van der Waals surface area contributed by atoms with Gasteiger partial charge in [-0.05, 0) is 18.4 Å². The number of rotatable bonds is 5. The zero-order valence-corrected chi connectivity index (χ0v) is 11.9. The average molecular weight is 258 g/mol. The molecule has 102 valence electrons. The van der Waals surface area contributed by atoms with Crippen LogP contribution in [0.15, 0.2) is 30.3 Å². The summed E-state index contributed by atoms with van der Waals surface area (Å²) in [5.74, 6) is 0. The second-order valence-corrected chi connectivity index (χ2v) is 5.97. The van der Waals surface area contributed by atoms with Crippen LogP contribution in [-0.4, -0.2) is 22.0 Å². The molecule has 4 nitrogen and oxygen atoms in total. The van der Waals surface area contributed by atoms with E-state index < -0.39 is 0 Å². The lowest BCUT2D eigenvalue weighted by Gasteiger charge is -2.17. The van der Waals surface area contributed by atoms with Crippen LogP contribution in [0.3, 0.4) is 0 Å². The molecule has 0 saturated heterocycles. The van der Waals surface area contributed by atoms with Crippen molar-refractivity contribution >= 4 is 0 Å². The van der Waals surface area contributed by atoms with Crippen LogP contribution in [0.2, 0.25) is 0 Å². The zero-order chi connectivity index (χ0) is 13.7. The monoisotopic (exact) mass is 258 g/mol. The lowest BCUT2D eigenvalue weighted by Crippen LogP contribution is -2.20. The fraction of sp³-hybridized carbons (Fsp3) is 0.467. The Morgan fingerprint density at radius 2 is 1.84 bits per heavy atom. The Balaban J connectivity index is 1.94. The van der Waals surface area contributed by atoms with E-state index in [2.05, 4.69) is 53.6 Å². The van der Waals surface area contributed by atoms with E-state index >= 15 is 0 Å². The highest BCUT2D eigenvalue weighted by Gasteiger charge is 2.11. The molecule has 1 heterocycles. The first-order valence-electron chi connectivity index (χ1n) is 6.72. The average Bonchev–Trinajstić information content (AvgIpc) is 2.83. The predicted octanol–water partition coefficient (Wildman–Crippen LogP) is 3.00. The van der Waals surface area contributed by atoms with Gasteiger partial charge in [-0.2, -0.15) is 15.4 Å². The summed E-state index contributed by atoms with van der Waals surface area (Å²) in [6.45, 7) is 8.49. The van der Waals surface area contributed by atoms with Crippen LogP contribution in [0.5, 0.6) is 0 Å². The third kappa shape index (κ3) is 4.17. The van der Waals surface area contributed by atoms with Gasteiger partial charge in [0.15, 0.2) is 0 Å². The number of benzene rings is 1. The number of hydrogen-bond acceptors (Lipinski definition) is 3. The van der Waals surface area contributed by atoms with E-state index in [1.807, 2.05) is 18.2 Å². The van der Waals surface area contributed by atoms with Gasteiger partial charge in [-0.15, -0.1) is 0 Å². The van der Waals surface area contributed by atoms with Gasteiger partial charge in [-0.3, -0.25) is 0 Å². The van der Waals surface area contributed by atoms with Gasteiger partial charge in [0.2, 0.25) is 0 Å². The molecule has 0 spiro atoms. The van der Waals surface area contributed by atoms with E-state index in [9.17, 15) is 0 Å². The van der Waals surface area contributed by atoms with Crippen LogP contribution in [-0.2, 0) is 6.54 Å². The molecule has 1 aromatic carbocycles. The van der Waals surface area contributed by atoms with Crippen molar-refractivity contribution in [2.45, 2.75) is 33.7 Å². The Morgan fingerprint density at radius 3 is 2.53 bits per heavy atom. The molecule has 0 aliphatic rings. The van der Waals surface area contributed by atoms with Crippen molar-refractivity contribution in [2.24, 2.45) is 5.41 Å². The fourth-order valence-corrected chi connectivity index (χ4v) is 1.87. The molecule has 0 saturated carbocycles. The molecule has 0 bridgehead atoms. The summed E-state index contributed by atoms with van der Waals surface area (Å²) in [6.07, 6.45) is 1.14. The standard InChI is InChI=1S/C15H22N4/c1-15(2,3)9-10-16-11-13-14(18-19-17-13)12-7-5-4-6-8-12/h4-8,16H,9-11H2,1-3H3,(H,17,18,19). The molecular weight excluding hydrogens is 236 g/mol. The molecule has 0 aliphatic carbocycles. The van der Waals surface area contributed by atoms with Crippen molar-refractivity contribution in [3.8, 4) is 11.3 Å². The molecule has 0 aliphatic heterocycles. The Bertz CT molecular complexity index is 496. The van der Waals surface area contributed by atoms with Crippen LogP contribution >= 0.6 is 0 Å². The Labute approximate surface area is 114 Å². The van der Waals surface area contributed by atoms with Gasteiger partial charge in [0.25, 0.3) is 0 Å². The summed E-state index contributed by atoms with van der Waals surface area (Å²) >= 11 is 0. The van der Waals surface area contributed by atoms with Crippen LogP contribution < -0.4 is 5.32 Å². The van der Waals surface area contributed by atoms with Crippen LogP contribution in [0, 0.1) is 5.41 Å². The highest BCUT2D eigenvalue weighted by atomic mass is 15.3. The van der Waals surface area contributed by atoms with Gasteiger partial charge in [-0.25, -0.2) is 0 Å². The number of aromatic nitrogens is 3. The van der Waals surface area contributed by atoms with E-state index in [4.69, 9.17) is 0 Å². The van der Waals surface area contributed by atoms with Gasteiger partial charge >= 0.3 is 0 Å². The summed E-state index contributed by atoms with van der Waals surface area (Å²) in [5.41, 5.74) is 3.37. The minimum absolute atomic E-state index is 0.360. The topological polar surface area (TPSA) is 53.6 Å². The van der Waals surface area contributed by atoms with Crippen molar-refractivity contribution in [3.63, 3.8) is 0 Å². The molecule has 0 radical (unpaired) electrons. The molecule has 1 aromatic heterocycles. The number of H-pyrrole nitrogens is 1. The normalized spacial score (nSPS) is 11.7. The van der Waals surface area contributed by atoms with E-state index in [0.717, 1.165) is 36.5 Å². The van der Waals surface area contributed by atoms with E-state index in [-0.39, 0.29) is 0 Å². The Hall–Kier alpha value is -1.68. The summed E-state index contributed by atoms with van der Waals surface area (Å²) in [5, 5.41) is 14.6. The summed E-state index contributed by atoms with van der Waals surface area (Å²) < 4.78 is 0. The smallest absolute Gasteiger partial charge is 0.117 e. The van der Waals surface area contributed by atoms with E-state index in [1.165, 1.54) is 0 Å². The first-order chi connectivity index (χ1) is 9.06.